The van der Waals surface area contributed by atoms with E-state index in [4.69, 9.17) is 10.5 Å². The van der Waals surface area contributed by atoms with Crippen LogP contribution in [0.5, 0.6) is 0 Å². The van der Waals surface area contributed by atoms with Gasteiger partial charge in [0.2, 0.25) is 0 Å². The van der Waals surface area contributed by atoms with Crippen molar-refractivity contribution >= 4 is 7.85 Å². The molecular weight excluding hydrogens is 115 g/mol. The summed E-state index contributed by atoms with van der Waals surface area (Å²) in [5.41, 5.74) is 5.40. The summed E-state index contributed by atoms with van der Waals surface area (Å²) in [6.07, 6.45) is 0.230. The largest absolute Gasteiger partial charge is 0.380 e. The van der Waals surface area contributed by atoms with Crippen LogP contribution < -0.4 is 11.1 Å². The van der Waals surface area contributed by atoms with E-state index in [0.29, 0.717) is 12.5 Å². The highest BCUT2D eigenvalue weighted by Gasteiger charge is 2.15. The van der Waals surface area contributed by atoms with Crippen LogP contribution in [0.3, 0.4) is 0 Å². The van der Waals surface area contributed by atoms with Crippen LogP contribution in [0, 0.1) is 0 Å². The first-order chi connectivity index (χ1) is 4.33. The summed E-state index contributed by atoms with van der Waals surface area (Å²) < 4.78 is 5.45. The first-order valence-electron chi connectivity index (χ1n) is 3.39. The number of morpholine rings is 1. The number of nitrogens with one attached hydrogen (secondary N) is 1. The van der Waals surface area contributed by atoms with Gasteiger partial charge in [0, 0.05) is 25.6 Å². The SMILES string of the molecule is BC1CNCC(CN)O1. The summed E-state index contributed by atoms with van der Waals surface area (Å²) in [6, 6.07) is 0.326. The lowest BCUT2D eigenvalue weighted by atomic mass is 9.98. The third-order valence-corrected chi connectivity index (χ3v) is 1.49. The Bertz CT molecular complexity index is 91.0. The van der Waals surface area contributed by atoms with Gasteiger partial charge < -0.3 is 15.8 Å². The lowest BCUT2D eigenvalue weighted by Gasteiger charge is -2.27. The highest BCUT2D eigenvalue weighted by molar-refractivity contribution is 6.11. The minimum absolute atomic E-state index is 0.230. The molecule has 1 saturated heterocycles. The minimum atomic E-state index is 0.230. The zero-order chi connectivity index (χ0) is 6.69. The second-order valence-electron chi connectivity index (χ2n) is 2.46. The van der Waals surface area contributed by atoms with Crippen molar-refractivity contribution in [2.75, 3.05) is 19.6 Å². The van der Waals surface area contributed by atoms with Crippen molar-refractivity contribution in [3.8, 4) is 0 Å². The smallest absolute Gasteiger partial charge is 0.140 e. The van der Waals surface area contributed by atoms with Gasteiger partial charge in [-0.3, -0.25) is 0 Å². The predicted molar refractivity (Wildman–Crippen MR) is 39.1 cm³/mol. The van der Waals surface area contributed by atoms with Crippen LogP contribution in [0.1, 0.15) is 0 Å². The fourth-order valence-electron chi connectivity index (χ4n) is 1.01. The summed E-state index contributed by atoms with van der Waals surface area (Å²) in [5, 5.41) is 3.23. The van der Waals surface area contributed by atoms with Gasteiger partial charge in [-0.1, -0.05) is 0 Å². The third kappa shape index (κ3) is 1.97. The normalized spacial score (nSPS) is 36.6. The molecule has 2 atom stereocenters. The van der Waals surface area contributed by atoms with Crippen LogP contribution >= 0.6 is 0 Å². The standard InChI is InChI=1S/C5H13BN2O/c6-5-3-8-2-4(1-7)9-5/h4-5,8H,1-3,6-7H2. The summed E-state index contributed by atoms with van der Waals surface area (Å²) in [4.78, 5) is 0. The lowest BCUT2D eigenvalue weighted by molar-refractivity contribution is 0.0103. The van der Waals surface area contributed by atoms with Crippen molar-refractivity contribution in [2.45, 2.75) is 12.1 Å². The minimum Gasteiger partial charge on any atom is -0.380 e. The van der Waals surface area contributed by atoms with E-state index in [9.17, 15) is 0 Å². The molecule has 0 aromatic carbocycles. The Labute approximate surface area is 56.3 Å². The number of nitrogens with two attached hydrogens (primary N) is 1. The van der Waals surface area contributed by atoms with E-state index < -0.39 is 0 Å². The molecule has 0 bridgehead atoms. The Morgan fingerprint density at radius 2 is 2.44 bits per heavy atom. The molecule has 1 aliphatic rings. The topological polar surface area (TPSA) is 47.3 Å². The number of rotatable bonds is 1. The van der Waals surface area contributed by atoms with Gasteiger partial charge in [0.15, 0.2) is 0 Å². The van der Waals surface area contributed by atoms with Gasteiger partial charge >= 0.3 is 0 Å². The Balaban J connectivity index is 2.23. The van der Waals surface area contributed by atoms with E-state index in [1.807, 2.05) is 0 Å². The van der Waals surface area contributed by atoms with Crippen LogP contribution in [0.2, 0.25) is 0 Å². The summed E-state index contributed by atoms with van der Waals surface area (Å²) in [6.45, 7) is 2.48. The van der Waals surface area contributed by atoms with E-state index >= 15 is 0 Å². The molecule has 0 aromatic heterocycles. The van der Waals surface area contributed by atoms with Gasteiger partial charge in [-0.05, 0) is 0 Å². The molecule has 1 heterocycles. The second kappa shape index (κ2) is 3.20. The van der Waals surface area contributed by atoms with Crippen molar-refractivity contribution < 1.29 is 4.74 Å². The van der Waals surface area contributed by atoms with Gasteiger partial charge in [0.1, 0.15) is 7.85 Å². The Morgan fingerprint density at radius 1 is 1.67 bits per heavy atom. The molecule has 9 heavy (non-hydrogen) atoms. The van der Waals surface area contributed by atoms with Crippen LogP contribution in [-0.4, -0.2) is 39.6 Å². The number of hydrogen-bond donors (Lipinski definition) is 2. The molecule has 0 saturated carbocycles. The van der Waals surface area contributed by atoms with Crippen LogP contribution in [0.25, 0.3) is 0 Å². The molecule has 4 heteroatoms. The monoisotopic (exact) mass is 128 g/mol. The maximum Gasteiger partial charge on any atom is 0.140 e. The number of ether oxygens (including phenoxy) is 1. The van der Waals surface area contributed by atoms with Gasteiger partial charge in [0.05, 0.1) is 6.10 Å². The first kappa shape index (κ1) is 7.06. The van der Waals surface area contributed by atoms with Crippen LogP contribution in [0.4, 0.5) is 0 Å². The highest BCUT2D eigenvalue weighted by atomic mass is 16.5. The van der Waals surface area contributed by atoms with Gasteiger partial charge in [0.25, 0.3) is 0 Å². The van der Waals surface area contributed by atoms with E-state index in [0.717, 1.165) is 13.1 Å². The molecule has 0 radical (unpaired) electrons. The van der Waals surface area contributed by atoms with Crippen LogP contribution in [-0.2, 0) is 4.74 Å². The van der Waals surface area contributed by atoms with Crippen molar-refractivity contribution in [1.29, 1.82) is 0 Å². The van der Waals surface area contributed by atoms with E-state index in [1.54, 1.807) is 0 Å². The molecule has 0 amide bonds. The molecule has 1 rings (SSSR count). The van der Waals surface area contributed by atoms with Crippen LogP contribution in [0.15, 0.2) is 0 Å². The van der Waals surface area contributed by atoms with E-state index in [2.05, 4.69) is 13.2 Å². The van der Waals surface area contributed by atoms with Crippen molar-refractivity contribution in [1.82, 2.24) is 5.32 Å². The average molecular weight is 128 g/mol. The fraction of sp³-hybridized carbons (Fsp3) is 1.00. The van der Waals surface area contributed by atoms with E-state index in [1.165, 1.54) is 0 Å². The predicted octanol–water partition coefficient (Wildman–Crippen LogP) is -2.11. The Kier molecular flexibility index (Phi) is 2.51. The average Bonchev–Trinajstić information content (AvgIpc) is 1.88. The summed E-state index contributed by atoms with van der Waals surface area (Å²) in [5.74, 6) is 0. The Morgan fingerprint density at radius 3 is 2.89 bits per heavy atom. The maximum atomic E-state index is 5.45. The number of hydrogen-bond acceptors (Lipinski definition) is 3. The van der Waals surface area contributed by atoms with Gasteiger partial charge in [-0.2, -0.15) is 0 Å². The first-order valence-corrected chi connectivity index (χ1v) is 3.39. The zero-order valence-electron chi connectivity index (χ0n) is 5.76. The highest BCUT2D eigenvalue weighted by Crippen LogP contribution is 1.97. The molecule has 3 N–H and O–H groups in total. The summed E-state index contributed by atoms with van der Waals surface area (Å²) in [7, 11) is 2.05. The van der Waals surface area contributed by atoms with E-state index in [-0.39, 0.29) is 6.10 Å². The molecule has 1 aliphatic heterocycles. The van der Waals surface area contributed by atoms with Gasteiger partial charge in [-0.25, -0.2) is 0 Å². The quantitative estimate of drug-likeness (QED) is 0.397. The second-order valence-corrected chi connectivity index (χ2v) is 2.46. The molecule has 0 aliphatic carbocycles. The van der Waals surface area contributed by atoms with Crippen molar-refractivity contribution in [3.63, 3.8) is 0 Å². The lowest BCUT2D eigenvalue weighted by Crippen LogP contribution is -2.47. The molecule has 2 unspecified atom stereocenters. The fourth-order valence-corrected chi connectivity index (χ4v) is 1.01. The molecular formula is C5H13BN2O. The zero-order valence-corrected chi connectivity index (χ0v) is 5.76. The summed E-state index contributed by atoms with van der Waals surface area (Å²) >= 11 is 0. The molecule has 0 aromatic rings. The molecule has 3 nitrogen and oxygen atoms in total. The molecule has 52 valence electrons. The molecule has 1 fully saturated rings. The van der Waals surface area contributed by atoms with Crippen molar-refractivity contribution in [2.24, 2.45) is 5.73 Å². The van der Waals surface area contributed by atoms with Crippen molar-refractivity contribution in [3.05, 3.63) is 0 Å². The maximum absolute atomic E-state index is 5.45. The molecule has 0 spiro atoms. The van der Waals surface area contributed by atoms with Gasteiger partial charge in [-0.15, -0.1) is 0 Å². The third-order valence-electron chi connectivity index (χ3n) is 1.49. The Hall–Kier alpha value is -0.0551.